The molecule has 0 bridgehead atoms. The van der Waals surface area contributed by atoms with Gasteiger partial charge in [-0.1, -0.05) is 158 Å². The summed E-state index contributed by atoms with van der Waals surface area (Å²) in [6, 6.07) is 74.5. The Morgan fingerprint density at radius 3 is 1.59 bits per heavy atom. The van der Waals surface area contributed by atoms with Crippen LogP contribution in [-0.2, 0) is 0 Å². The Morgan fingerprint density at radius 1 is 0.333 bits per heavy atom. The number of aromatic nitrogens is 1. The van der Waals surface area contributed by atoms with Gasteiger partial charge in [-0.3, -0.25) is 0 Å². The minimum atomic E-state index is -2.78. The van der Waals surface area contributed by atoms with E-state index in [-0.39, 0.29) is 0 Å². The van der Waals surface area contributed by atoms with Crippen molar-refractivity contribution < 1.29 is 0 Å². The highest BCUT2D eigenvalue weighted by Crippen LogP contribution is 2.36. The Labute approximate surface area is 302 Å². The maximum Gasteiger partial charge on any atom is 0.179 e. The van der Waals surface area contributed by atoms with Crippen molar-refractivity contribution >= 4 is 82.1 Å². The molecule has 10 rings (SSSR count). The first-order valence-corrected chi connectivity index (χ1v) is 20.3. The lowest BCUT2D eigenvalue weighted by atomic mass is 10.0. The highest BCUT2D eigenvalue weighted by molar-refractivity contribution is 7.25. The average molecular weight is 684 g/mol. The van der Waals surface area contributed by atoms with Crippen LogP contribution < -0.4 is 20.7 Å². The first-order valence-electron chi connectivity index (χ1n) is 17.5. The summed E-state index contributed by atoms with van der Waals surface area (Å²) in [6.45, 7) is 0. The maximum absolute atomic E-state index is 2.78. The van der Waals surface area contributed by atoms with Gasteiger partial charge in [0, 0.05) is 36.6 Å². The first kappa shape index (κ1) is 29.9. The Morgan fingerprint density at radius 2 is 0.863 bits per heavy atom. The fourth-order valence-electron chi connectivity index (χ4n) is 8.26. The van der Waals surface area contributed by atoms with Crippen molar-refractivity contribution in [1.82, 2.24) is 4.57 Å². The zero-order valence-electron chi connectivity index (χ0n) is 27.9. The van der Waals surface area contributed by atoms with E-state index in [0.29, 0.717) is 0 Å². The molecule has 0 aliphatic heterocycles. The van der Waals surface area contributed by atoms with E-state index in [9.17, 15) is 0 Å². The zero-order valence-corrected chi connectivity index (χ0v) is 29.7. The van der Waals surface area contributed by atoms with Crippen molar-refractivity contribution in [2.75, 3.05) is 0 Å². The number of benzene rings is 8. The molecule has 8 aromatic carbocycles. The van der Waals surface area contributed by atoms with Gasteiger partial charge in [-0.15, -0.1) is 11.3 Å². The summed E-state index contributed by atoms with van der Waals surface area (Å²) in [6.07, 6.45) is 0. The van der Waals surface area contributed by atoms with Gasteiger partial charge in [0.2, 0.25) is 0 Å². The summed E-state index contributed by atoms with van der Waals surface area (Å²) in [7, 11) is -2.78. The second-order valence-corrected chi connectivity index (χ2v) is 18.2. The largest absolute Gasteiger partial charge is 0.309 e. The summed E-state index contributed by atoms with van der Waals surface area (Å²) >= 11 is 1.87. The van der Waals surface area contributed by atoms with E-state index in [2.05, 4.69) is 205 Å². The molecule has 0 atom stereocenters. The number of para-hydroxylation sites is 2. The lowest BCUT2D eigenvalue weighted by Crippen LogP contribution is -2.74. The van der Waals surface area contributed by atoms with Crippen LogP contribution in [0, 0.1) is 0 Å². The van der Waals surface area contributed by atoms with Gasteiger partial charge in [-0.25, -0.2) is 0 Å². The predicted octanol–water partition coefficient (Wildman–Crippen LogP) is 10.2. The fourth-order valence-corrected chi connectivity index (χ4v) is 14.1. The van der Waals surface area contributed by atoms with E-state index in [0.717, 1.165) is 0 Å². The SMILES string of the molecule is c1ccc(-n2c3ccccc3c3cc([Si](c4ccccc4)(c4ccccc4)c4ccc(-c5ccc6sc7ccccc7c6c5)cc4)ccc32)cc1. The quantitative estimate of drug-likeness (QED) is 0.121. The standard InChI is InChI=1S/C48H33NSSi/c1-4-14-36(15-5-1)49-45-22-12-10-20-41(45)43-33-40(29-30-46(43)49)51(37-16-6-2-7-17-37,38-18-8-3-9-19-38)39-27-24-34(25-28-39)35-26-31-48-44(32-35)42-21-11-13-23-47(42)50-48/h1-33H. The number of hydrogen-bond donors (Lipinski definition) is 0. The highest BCUT2D eigenvalue weighted by Gasteiger charge is 2.41. The van der Waals surface area contributed by atoms with E-state index in [1.165, 1.54) is 79.5 Å². The van der Waals surface area contributed by atoms with Crippen LogP contribution in [0.3, 0.4) is 0 Å². The molecule has 10 aromatic rings. The number of rotatable bonds is 6. The van der Waals surface area contributed by atoms with Crippen molar-refractivity contribution in [1.29, 1.82) is 0 Å². The van der Waals surface area contributed by atoms with Gasteiger partial charge >= 0.3 is 0 Å². The molecule has 0 saturated heterocycles. The number of fused-ring (bicyclic) bond motifs is 6. The summed E-state index contributed by atoms with van der Waals surface area (Å²) < 4.78 is 5.08. The second kappa shape index (κ2) is 12.1. The van der Waals surface area contributed by atoms with Gasteiger partial charge in [-0.2, -0.15) is 0 Å². The number of nitrogens with zero attached hydrogens (tertiary/aromatic N) is 1. The Balaban J connectivity index is 1.21. The van der Waals surface area contributed by atoms with Gasteiger partial charge in [0.1, 0.15) is 0 Å². The smallest absolute Gasteiger partial charge is 0.179 e. The fraction of sp³-hybridized carbons (Fsp3) is 0. The van der Waals surface area contributed by atoms with Crippen LogP contribution in [0.5, 0.6) is 0 Å². The van der Waals surface area contributed by atoms with Gasteiger partial charge in [0.15, 0.2) is 8.07 Å². The molecule has 0 radical (unpaired) electrons. The van der Waals surface area contributed by atoms with Crippen LogP contribution in [-0.4, -0.2) is 12.6 Å². The molecule has 0 amide bonds. The zero-order chi connectivity index (χ0) is 33.8. The lowest BCUT2D eigenvalue weighted by Gasteiger charge is -2.34. The van der Waals surface area contributed by atoms with E-state index in [1.54, 1.807) is 0 Å². The molecule has 0 N–H and O–H groups in total. The molecule has 2 aromatic heterocycles. The van der Waals surface area contributed by atoms with Crippen LogP contribution in [0.1, 0.15) is 0 Å². The van der Waals surface area contributed by atoms with Crippen LogP contribution in [0.4, 0.5) is 0 Å². The monoisotopic (exact) mass is 683 g/mol. The molecule has 0 saturated carbocycles. The van der Waals surface area contributed by atoms with Gasteiger partial charge in [-0.05, 0) is 74.3 Å². The average Bonchev–Trinajstić information content (AvgIpc) is 3.75. The van der Waals surface area contributed by atoms with E-state index < -0.39 is 8.07 Å². The van der Waals surface area contributed by atoms with Crippen LogP contribution >= 0.6 is 11.3 Å². The maximum atomic E-state index is 2.51. The summed E-state index contributed by atoms with van der Waals surface area (Å²) in [5, 5.41) is 10.7. The Hall–Kier alpha value is -6.00. The van der Waals surface area contributed by atoms with Crippen molar-refractivity contribution in [3.63, 3.8) is 0 Å². The summed E-state index contributed by atoms with van der Waals surface area (Å²) in [5.41, 5.74) is 6.11. The normalized spacial score (nSPS) is 11.9. The van der Waals surface area contributed by atoms with Crippen LogP contribution in [0.15, 0.2) is 200 Å². The molecule has 0 aliphatic rings. The first-order chi connectivity index (χ1) is 25.3. The van der Waals surface area contributed by atoms with Crippen LogP contribution in [0.2, 0.25) is 0 Å². The van der Waals surface area contributed by atoms with Crippen molar-refractivity contribution in [3.05, 3.63) is 200 Å². The van der Waals surface area contributed by atoms with Crippen molar-refractivity contribution in [3.8, 4) is 16.8 Å². The minimum absolute atomic E-state index is 1.18. The topological polar surface area (TPSA) is 4.93 Å². The predicted molar refractivity (Wildman–Crippen MR) is 223 cm³/mol. The number of hydrogen-bond acceptors (Lipinski definition) is 1. The Bertz CT molecular complexity index is 2800. The molecule has 3 heteroatoms. The minimum Gasteiger partial charge on any atom is -0.309 e. The molecule has 0 spiro atoms. The molecule has 51 heavy (non-hydrogen) atoms. The summed E-state index contributed by atoms with van der Waals surface area (Å²) in [4.78, 5) is 0. The molecule has 240 valence electrons. The van der Waals surface area contributed by atoms with E-state index >= 15 is 0 Å². The molecule has 0 fully saturated rings. The van der Waals surface area contributed by atoms with Gasteiger partial charge < -0.3 is 4.57 Å². The third kappa shape index (κ3) is 4.74. The summed E-state index contributed by atoms with van der Waals surface area (Å²) in [5.74, 6) is 0. The number of thiophene rings is 1. The van der Waals surface area contributed by atoms with Crippen LogP contribution in [0.25, 0.3) is 58.8 Å². The highest BCUT2D eigenvalue weighted by atomic mass is 32.1. The molecule has 0 unspecified atom stereocenters. The van der Waals surface area contributed by atoms with Gasteiger partial charge in [0.25, 0.3) is 0 Å². The third-order valence-corrected chi connectivity index (χ3v) is 16.5. The second-order valence-electron chi connectivity index (χ2n) is 13.3. The molecule has 1 nitrogen and oxygen atoms in total. The van der Waals surface area contributed by atoms with E-state index in [4.69, 9.17) is 0 Å². The molecular weight excluding hydrogens is 651 g/mol. The lowest BCUT2D eigenvalue weighted by molar-refractivity contribution is 1.18. The van der Waals surface area contributed by atoms with Crippen molar-refractivity contribution in [2.24, 2.45) is 0 Å². The molecule has 0 aliphatic carbocycles. The third-order valence-electron chi connectivity index (χ3n) is 10.6. The Kier molecular flexibility index (Phi) is 7.09. The van der Waals surface area contributed by atoms with E-state index in [1.807, 2.05) is 11.3 Å². The molecule has 2 heterocycles. The van der Waals surface area contributed by atoms with Gasteiger partial charge in [0.05, 0.1) is 11.0 Å². The molecular formula is C48H33NSSi. The van der Waals surface area contributed by atoms with Crippen molar-refractivity contribution in [2.45, 2.75) is 0 Å².